The molecule has 0 spiro atoms. The molecule has 1 N–H and O–H groups in total. The Morgan fingerprint density at radius 2 is 2.14 bits per heavy atom. The minimum Gasteiger partial charge on any atom is -0.312 e. The number of aryl methyl sites for hydroxylation is 1. The first kappa shape index (κ1) is 11.7. The van der Waals surface area contributed by atoms with Gasteiger partial charge in [-0.1, -0.05) is 13.8 Å². The summed E-state index contributed by atoms with van der Waals surface area (Å²) in [6, 6.07) is 4.41. The SMILES string of the molecule is Cc1ccc(CNCCCC(C)C)s1. The van der Waals surface area contributed by atoms with E-state index in [0.29, 0.717) is 0 Å². The molecule has 1 rings (SSSR count). The maximum absolute atomic E-state index is 3.48. The molecule has 0 aliphatic carbocycles. The fourth-order valence-electron chi connectivity index (χ4n) is 1.43. The minimum absolute atomic E-state index is 0.834. The average molecular weight is 211 g/mol. The van der Waals surface area contributed by atoms with Crippen molar-refractivity contribution in [1.29, 1.82) is 0 Å². The summed E-state index contributed by atoms with van der Waals surface area (Å²) in [4.78, 5) is 2.86. The van der Waals surface area contributed by atoms with Gasteiger partial charge in [-0.15, -0.1) is 11.3 Å². The normalized spacial score (nSPS) is 11.1. The predicted octanol–water partition coefficient (Wildman–Crippen LogP) is 3.58. The van der Waals surface area contributed by atoms with Gasteiger partial charge in [0, 0.05) is 16.3 Å². The van der Waals surface area contributed by atoms with Crippen molar-refractivity contribution in [3.63, 3.8) is 0 Å². The minimum atomic E-state index is 0.834. The summed E-state index contributed by atoms with van der Waals surface area (Å²) in [5.74, 6) is 0.834. The van der Waals surface area contributed by atoms with Crippen LogP contribution in [0.25, 0.3) is 0 Å². The Hall–Kier alpha value is -0.340. The Balaban J connectivity index is 2.04. The van der Waals surface area contributed by atoms with Gasteiger partial charge in [0.05, 0.1) is 0 Å². The smallest absolute Gasteiger partial charge is 0.0299 e. The number of thiophene rings is 1. The van der Waals surface area contributed by atoms with Gasteiger partial charge in [-0.25, -0.2) is 0 Å². The van der Waals surface area contributed by atoms with Crippen LogP contribution >= 0.6 is 11.3 Å². The van der Waals surface area contributed by atoms with E-state index >= 15 is 0 Å². The van der Waals surface area contributed by atoms with Crippen LogP contribution in [0.1, 0.15) is 36.4 Å². The highest BCUT2D eigenvalue weighted by Crippen LogP contribution is 2.14. The predicted molar refractivity (Wildman–Crippen MR) is 64.8 cm³/mol. The van der Waals surface area contributed by atoms with Gasteiger partial charge in [0.25, 0.3) is 0 Å². The number of hydrogen-bond donors (Lipinski definition) is 1. The van der Waals surface area contributed by atoms with Gasteiger partial charge < -0.3 is 5.32 Å². The molecule has 1 nitrogen and oxygen atoms in total. The Kier molecular flexibility index (Phi) is 5.20. The summed E-state index contributed by atoms with van der Waals surface area (Å²) in [5.41, 5.74) is 0. The van der Waals surface area contributed by atoms with Crippen LogP contribution in [-0.4, -0.2) is 6.54 Å². The van der Waals surface area contributed by atoms with Crippen molar-refractivity contribution in [2.45, 2.75) is 40.2 Å². The third kappa shape index (κ3) is 4.77. The molecule has 2 heteroatoms. The van der Waals surface area contributed by atoms with E-state index in [0.717, 1.165) is 19.0 Å². The highest BCUT2D eigenvalue weighted by Gasteiger charge is 1.96. The molecule has 0 bridgehead atoms. The molecule has 0 saturated carbocycles. The molecule has 0 atom stereocenters. The van der Waals surface area contributed by atoms with Crippen molar-refractivity contribution in [2.75, 3.05) is 6.54 Å². The second-order valence-corrected chi connectivity index (χ2v) is 5.60. The molecule has 14 heavy (non-hydrogen) atoms. The van der Waals surface area contributed by atoms with Crippen molar-refractivity contribution >= 4 is 11.3 Å². The second-order valence-electron chi connectivity index (χ2n) is 4.23. The van der Waals surface area contributed by atoms with Crippen LogP contribution in [0.2, 0.25) is 0 Å². The number of nitrogens with one attached hydrogen (secondary N) is 1. The summed E-state index contributed by atoms with van der Waals surface area (Å²) < 4.78 is 0. The van der Waals surface area contributed by atoms with Crippen LogP contribution in [0, 0.1) is 12.8 Å². The van der Waals surface area contributed by atoms with Crippen LogP contribution in [-0.2, 0) is 6.54 Å². The van der Waals surface area contributed by atoms with Crippen molar-refractivity contribution in [1.82, 2.24) is 5.32 Å². The quantitative estimate of drug-likeness (QED) is 0.709. The highest BCUT2D eigenvalue weighted by molar-refractivity contribution is 7.11. The van der Waals surface area contributed by atoms with Crippen LogP contribution in [0.4, 0.5) is 0 Å². The molecule has 0 saturated heterocycles. The molecule has 0 aliphatic heterocycles. The van der Waals surface area contributed by atoms with Crippen molar-refractivity contribution < 1.29 is 0 Å². The van der Waals surface area contributed by atoms with Crippen molar-refractivity contribution in [3.05, 3.63) is 21.9 Å². The standard InChI is InChI=1S/C12H21NS/c1-10(2)5-4-8-13-9-12-7-6-11(3)14-12/h6-7,10,13H,4-5,8-9H2,1-3H3. The molecular formula is C12H21NS. The summed E-state index contributed by atoms with van der Waals surface area (Å²) >= 11 is 1.89. The van der Waals surface area contributed by atoms with Crippen LogP contribution in [0.15, 0.2) is 12.1 Å². The molecule has 1 aromatic heterocycles. The molecule has 1 heterocycles. The summed E-state index contributed by atoms with van der Waals surface area (Å²) in [5, 5.41) is 3.48. The summed E-state index contributed by atoms with van der Waals surface area (Å²) in [7, 11) is 0. The zero-order valence-electron chi connectivity index (χ0n) is 9.47. The lowest BCUT2D eigenvalue weighted by molar-refractivity contribution is 0.528. The molecule has 0 radical (unpaired) electrons. The molecule has 0 aliphatic rings. The molecule has 1 aromatic rings. The first-order valence-electron chi connectivity index (χ1n) is 5.44. The van der Waals surface area contributed by atoms with E-state index in [1.54, 1.807) is 0 Å². The Morgan fingerprint density at radius 1 is 1.36 bits per heavy atom. The van der Waals surface area contributed by atoms with E-state index in [4.69, 9.17) is 0 Å². The van der Waals surface area contributed by atoms with Gasteiger partial charge in [0.15, 0.2) is 0 Å². The Morgan fingerprint density at radius 3 is 2.71 bits per heavy atom. The largest absolute Gasteiger partial charge is 0.312 e. The van der Waals surface area contributed by atoms with Crippen LogP contribution in [0.5, 0.6) is 0 Å². The maximum atomic E-state index is 3.48. The number of hydrogen-bond acceptors (Lipinski definition) is 2. The van der Waals surface area contributed by atoms with Crippen LogP contribution < -0.4 is 5.32 Å². The molecule has 80 valence electrons. The van der Waals surface area contributed by atoms with Gasteiger partial charge in [-0.2, -0.15) is 0 Å². The molecule has 0 amide bonds. The van der Waals surface area contributed by atoms with Crippen molar-refractivity contribution in [3.8, 4) is 0 Å². The third-order valence-electron chi connectivity index (χ3n) is 2.23. The third-order valence-corrected chi connectivity index (χ3v) is 3.23. The van der Waals surface area contributed by atoms with Gasteiger partial charge in [0.2, 0.25) is 0 Å². The zero-order valence-corrected chi connectivity index (χ0v) is 10.3. The van der Waals surface area contributed by atoms with Gasteiger partial charge in [-0.05, 0) is 44.4 Å². The summed E-state index contributed by atoms with van der Waals surface area (Å²) in [6.45, 7) is 8.91. The lowest BCUT2D eigenvalue weighted by Gasteiger charge is -2.05. The van der Waals surface area contributed by atoms with Gasteiger partial charge >= 0.3 is 0 Å². The van der Waals surface area contributed by atoms with Crippen LogP contribution in [0.3, 0.4) is 0 Å². The molecule has 0 unspecified atom stereocenters. The van der Waals surface area contributed by atoms with Crippen molar-refractivity contribution in [2.24, 2.45) is 5.92 Å². The van der Waals surface area contributed by atoms with E-state index in [9.17, 15) is 0 Å². The van der Waals surface area contributed by atoms with Gasteiger partial charge in [-0.3, -0.25) is 0 Å². The lowest BCUT2D eigenvalue weighted by Crippen LogP contribution is -2.14. The van der Waals surface area contributed by atoms with E-state index in [-0.39, 0.29) is 0 Å². The Bertz CT molecular complexity index is 253. The topological polar surface area (TPSA) is 12.0 Å². The molecule has 0 fully saturated rings. The monoisotopic (exact) mass is 211 g/mol. The van der Waals surface area contributed by atoms with E-state index in [2.05, 4.69) is 38.2 Å². The summed E-state index contributed by atoms with van der Waals surface area (Å²) in [6.07, 6.45) is 2.62. The number of rotatable bonds is 6. The van der Waals surface area contributed by atoms with E-state index < -0.39 is 0 Å². The average Bonchev–Trinajstić information content (AvgIpc) is 2.50. The first-order chi connectivity index (χ1) is 6.68. The first-order valence-corrected chi connectivity index (χ1v) is 6.26. The highest BCUT2D eigenvalue weighted by atomic mass is 32.1. The van der Waals surface area contributed by atoms with E-state index in [1.807, 2.05) is 11.3 Å². The maximum Gasteiger partial charge on any atom is 0.0299 e. The molecular weight excluding hydrogens is 190 g/mol. The lowest BCUT2D eigenvalue weighted by atomic mass is 10.1. The van der Waals surface area contributed by atoms with E-state index in [1.165, 1.54) is 22.6 Å². The zero-order chi connectivity index (χ0) is 10.4. The second kappa shape index (κ2) is 6.20. The fraction of sp³-hybridized carbons (Fsp3) is 0.667. The fourth-order valence-corrected chi connectivity index (χ4v) is 2.29. The molecule has 0 aromatic carbocycles. The van der Waals surface area contributed by atoms with Gasteiger partial charge in [0.1, 0.15) is 0 Å². The Labute approximate surface area is 91.5 Å².